The minimum absolute atomic E-state index is 0.0507. The smallest absolute Gasteiger partial charge is 0.410 e. The van der Waals surface area contributed by atoms with Crippen LogP contribution in [0.1, 0.15) is 59.0 Å². The van der Waals surface area contributed by atoms with Crippen LogP contribution in [-0.2, 0) is 20.6 Å². The molecule has 2 unspecified atom stereocenters. The molecule has 1 aliphatic rings. The molecule has 1 amide bonds. The van der Waals surface area contributed by atoms with E-state index in [-0.39, 0.29) is 22.9 Å². The summed E-state index contributed by atoms with van der Waals surface area (Å²) >= 11 is -1.42. The molecule has 10 heteroatoms. The van der Waals surface area contributed by atoms with Gasteiger partial charge in [-0.25, -0.2) is 9.18 Å². The van der Waals surface area contributed by atoms with E-state index in [9.17, 15) is 13.7 Å². The van der Waals surface area contributed by atoms with E-state index in [2.05, 4.69) is 10.1 Å². The molecule has 176 valence electrons. The van der Waals surface area contributed by atoms with Crippen LogP contribution in [0, 0.1) is 5.82 Å². The molecule has 32 heavy (non-hydrogen) atoms. The molecule has 0 spiro atoms. The van der Waals surface area contributed by atoms with Crippen molar-refractivity contribution in [3.63, 3.8) is 0 Å². The van der Waals surface area contributed by atoms with E-state index in [0.717, 1.165) is 0 Å². The van der Waals surface area contributed by atoms with Gasteiger partial charge >= 0.3 is 6.09 Å². The molecule has 0 aliphatic carbocycles. The van der Waals surface area contributed by atoms with Crippen LogP contribution < -0.4 is 0 Å². The summed E-state index contributed by atoms with van der Waals surface area (Å²) in [6.07, 6.45) is 2.64. The summed E-state index contributed by atoms with van der Waals surface area (Å²) in [5.74, 6) is -0.00974. The number of halogens is 1. The van der Waals surface area contributed by atoms with E-state index in [1.807, 2.05) is 27.7 Å². The normalized spacial score (nSPS) is 17.3. The molecule has 2 heterocycles. The number of benzene rings is 1. The van der Waals surface area contributed by atoms with Crippen LogP contribution in [0.25, 0.3) is 11.4 Å². The Morgan fingerprint density at radius 1 is 1.38 bits per heavy atom. The standard InChI is InChI=1S/C22H30FN3O5S/c1-6-17(29-15-9-11-26(12-10-15)21(27)30-22(2,3)4)20-24-19(25-31-20)14-7-8-18(32(5)28)16(23)13-14/h7-8,13,15,17H,6,9-12H2,1-5H3. The average Bonchev–Trinajstić information content (AvgIpc) is 3.21. The zero-order valence-electron chi connectivity index (χ0n) is 19.1. The van der Waals surface area contributed by atoms with Crippen molar-refractivity contribution >= 4 is 17.3 Å². The van der Waals surface area contributed by atoms with Crippen molar-refractivity contribution in [2.45, 2.75) is 69.7 Å². The SMILES string of the molecule is CCC(OC1CCN(C(=O)OC(C)(C)C)CC1)c1nc(-c2ccc([S+](C)[O-])c(F)c2)no1. The van der Waals surface area contributed by atoms with Crippen molar-refractivity contribution in [3.8, 4) is 11.4 Å². The minimum atomic E-state index is -1.42. The van der Waals surface area contributed by atoms with Crippen molar-refractivity contribution in [1.82, 2.24) is 15.0 Å². The first kappa shape index (κ1) is 24.5. The largest absolute Gasteiger partial charge is 0.612 e. The van der Waals surface area contributed by atoms with Gasteiger partial charge in [-0.05, 0) is 69.4 Å². The monoisotopic (exact) mass is 467 g/mol. The first-order chi connectivity index (χ1) is 15.1. The van der Waals surface area contributed by atoms with Crippen molar-refractivity contribution < 1.29 is 27.7 Å². The summed E-state index contributed by atoms with van der Waals surface area (Å²) in [5.41, 5.74) is -0.0863. The zero-order valence-corrected chi connectivity index (χ0v) is 19.9. The molecule has 1 saturated heterocycles. The summed E-state index contributed by atoms with van der Waals surface area (Å²) < 4.78 is 42.7. The highest BCUT2D eigenvalue weighted by Gasteiger charge is 2.30. The number of aromatic nitrogens is 2. The molecule has 2 aromatic rings. The topological polar surface area (TPSA) is 101 Å². The summed E-state index contributed by atoms with van der Waals surface area (Å²) in [5, 5.41) is 3.96. The lowest BCUT2D eigenvalue weighted by Gasteiger charge is -2.34. The Balaban J connectivity index is 1.60. The van der Waals surface area contributed by atoms with Crippen LogP contribution in [0.3, 0.4) is 0 Å². The van der Waals surface area contributed by atoms with Crippen molar-refractivity contribution in [1.29, 1.82) is 0 Å². The number of carbonyl (C=O) groups is 1. The lowest BCUT2D eigenvalue weighted by atomic mass is 10.1. The van der Waals surface area contributed by atoms with Gasteiger partial charge < -0.3 is 23.4 Å². The van der Waals surface area contributed by atoms with Gasteiger partial charge in [-0.3, -0.25) is 0 Å². The Labute approximate surface area is 190 Å². The van der Waals surface area contributed by atoms with E-state index in [4.69, 9.17) is 14.0 Å². The van der Waals surface area contributed by atoms with Gasteiger partial charge in [-0.2, -0.15) is 4.98 Å². The highest BCUT2D eigenvalue weighted by atomic mass is 32.2. The molecule has 0 bridgehead atoms. The first-order valence-corrected chi connectivity index (χ1v) is 12.2. The third kappa shape index (κ3) is 6.20. The van der Waals surface area contributed by atoms with Crippen molar-refractivity contribution in [3.05, 3.63) is 29.9 Å². The minimum Gasteiger partial charge on any atom is -0.612 e. The number of ether oxygens (including phenoxy) is 2. The highest BCUT2D eigenvalue weighted by molar-refractivity contribution is 7.90. The molecule has 0 radical (unpaired) electrons. The van der Waals surface area contributed by atoms with E-state index in [1.54, 1.807) is 11.0 Å². The Kier molecular flexibility index (Phi) is 7.79. The number of hydrogen-bond acceptors (Lipinski definition) is 7. The van der Waals surface area contributed by atoms with E-state index in [0.29, 0.717) is 43.8 Å². The van der Waals surface area contributed by atoms with Gasteiger partial charge in [0, 0.05) is 18.7 Å². The Bertz CT molecular complexity index is 923. The van der Waals surface area contributed by atoms with Crippen LogP contribution in [0.5, 0.6) is 0 Å². The quantitative estimate of drug-likeness (QED) is 0.577. The second-order valence-corrected chi connectivity index (χ2v) is 10.1. The van der Waals surface area contributed by atoms with Gasteiger partial charge in [-0.15, -0.1) is 0 Å². The maximum atomic E-state index is 14.2. The third-order valence-corrected chi connectivity index (χ3v) is 5.99. The molecule has 1 aromatic carbocycles. The number of hydrogen-bond donors (Lipinski definition) is 0. The number of likely N-dealkylation sites (tertiary alicyclic amines) is 1. The number of rotatable bonds is 6. The highest BCUT2D eigenvalue weighted by Crippen LogP contribution is 2.28. The molecule has 0 saturated carbocycles. The van der Waals surface area contributed by atoms with E-state index < -0.39 is 28.7 Å². The fraction of sp³-hybridized carbons (Fsp3) is 0.591. The van der Waals surface area contributed by atoms with Gasteiger partial charge in [0.05, 0.1) is 6.10 Å². The Morgan fingerprint density at radius 3 is 2.62 bits per heavy atom. The summed E-state index contributed by atoms with van der Waals surface area (Å²) in [7, 11) is 0. The van der Waals surface area contributed by atoms with Crippen molar-refractivity contribution in [2.75, 3.05) is 19.3 Å². The lowest BCUT2D eigenvalue weighted by molar-refractivity contribution is -0.0596. The fourth-order valence-corrected chi connectivity index (χ4v) is 4.01. The molecule has 8 nitrogen and oxygen atoms in total. The van der Waals surface area contributed by atoms with Gasteiger partial charge in [-0.1, -0.05) is 12.1 Å². The maximum absolute atomic E-state index is 14.2. The molecule has 1 aliphatic heterocycles. The second-order valence-electron chi connectivity index (χ2n) is 8.76. The van der Waals surface area contributed by atoms with Gasteiger partial charge in [0.1, 0.15) is 18.0 Å². The Morgan fingerprint density at radius 2 is 2.06 bits per heavy atom. The third-order valence-electron chi connectivity index (χ3n) is 5.04. The summed E-state index contributed by atoms with van der Waals surface area (Å²) in [6.45, 7) is 8.59. The number of amides is 1. The van der Waals surface area contributed by atoms with Gasteiger partial charge in [0.2, 0.25) is 5.82 Å². The van der Waals surface area contributed by atoms with Gasteiger partial charge in [0.15, 0.2) is 10.7 Å². The fourth-order valence-electron chi connectivity index (χ4n) is 3.42. The van der Waals surface area contributed by atoms with E-state index >= 15 is 0 Å². The van der Waals surface area contributed by atoms with Crippen LogP contribution in [0.15, 0.2) is 27.6 Å². The van der Waals surface area contributed by atoms with Gasteiger partial charge in [0.25, 0.3) is 5.89 Å². The molecule has 1 aromatic heterocycles. The number of carbonyl (C=O) groups excluding carboxylic acids is 1. The summed E-state index contributed by atoms with van der Waals surface area (Å²) in [6, 6.07) is 4.32. The van der Waals surface area contributed by atoms with Crippen LogP contribution in [-0.4, -0.2) is 56.7 Å². The second kappa shape index (κ2) is 10.2. The lowest BCUT2D eigenvalue weighted by Crippen LogP contribution is -2.43. The summed E-state index contributed by atoms with van der Waals surface area (Å²) in [4.78, 5) is 18.4. The maximum Gasteiger partial charge on any atom is 0.410 e. The van der Waals surface area contributed by atoms with E-state index in [1.165, 1.54) is 18.4 Å². The molecular formula is C22H30FN3O5S. The molecular weight excluding hydrogens is 437 g/mol. The molecule has 3 rings (SSSR count). The van der Waals surface area contributed by atoms with Crippen LogP contribution in [0.4, 0.5) is 9.18 Å². The van der Waals surface area contributed by atoms with Crippen molar-refractivity contribution in [2.24, 2.45) is 0 Å². The number of nitrogens with zero attached hydrogens (tertiary/aromatic N) is 3. The molecule has 1 fully saturated rings. The first-order valence-electron chi connectivity index (χ1n) is 10.7. The van der Waals surface area contributed by atoms with Crippen LogP contribution >= 0.6 is 0 Å². The average molecular weight is 468 g/mol. The predicted octanol–water partition coefficient (Wildman–Crippen LogP) is 4.48. The molecule has 2 atom stereocenters. The predicted molar refractivity (Wildman–Crippen MR) is 117 cm³/mol. The number of piperidine rings is 1. The van der Waals surface area contributed by atoms with Crippen LogP contribution in [0.2, 0.25) is 0 Å². The molecule has 0 N–H and O–H groups in total. The zero-order chi connectivity index (χ0) is 23.5. The Hall–Kier alpha value is -2.17.